The van der Waals surface area contributed by atoms with Gasteiger partial charge in [-0.2, -0.15) is 5.10 Å². The Labute approximate surface area is 120 Å². The van der Waals surface area contributed by atoms with Gasteiger partial charge in [-0.3, -0.25) is 4.68 Å². The van der Waals surface area contributed by atoms with Crippen LogP contribution >= 0.6 is 0 Å². The first-order valence-electron chi connectivity index (χ1n) is 7.25. The van der Waals surface area contributed by atoms with Crippen LogP contribution in [-0.2, 0) is 16.6 Å². The van der Waals surface area contributed by atoms with Gasteiger partial charge in [-0.25, -0.2) is 13.1 Å². The third-order valence-corrected chi connectivity index (χ3v) is 5.30. The lowest BCUT2D eigenvalue weighted by Gasteiger charge is -2.11. The number of sulfonamides is 1. The summed E-state index contributed by atoms with van der Waals surface area (Å²) in [7, 11) is -3.55. The van der Waals surface area contributed by atoms with Gasteiger partial charge in [0.15, 0.2) is 5.82 Å². The van der Waals surface area contributed by atoms with Gasteiger partial charge in [0.25, 0.3) is 0 Å². The highest BCUT2D eigenvalue weighted by Gasteiger charge is 2.25. The predicted octanol–water partition coefficient (Wildman–Crippen LogP) is 1.59. The Hall–Kier alpha value is -1.08. The van der Waals surface area contributed by atoms with Gasteiger partial charge in [0, 0.05) is 19.3 Å². The molecular formula is C13H24N4O2S. The van der Waals surface area contributed by atoms with Crippen LogP contribution in [0.3, 0.4) is 0 Å². The van der Waals surface area contributed by atoms with E-state index in [0.717, 1.165) is 19.3 Å². The first kappa shape index (κ1) is 15.3. The van der Waals surface area contributed by atoms with Crippen LogP contribution in [0.5, 0.6) is 0 Å². The van der Waals surface area contributed by atoms with Gasteiger partial charge in [0.1, 0.15) is 4.90 Å². The zero-order valence-electron chi connectivity index (χ0n) is 12.2. The fraction of sp³-hybridized carbons (Fsp3) is 0.769. The smallest absolute Gasteiger partial charge is 0.245 e. The Balaban J connectivity index is 2.02. The molecule has 114 valence electrons. The molecule has 0 saturated heterocycles. The molecule has 0 spiro atoms. The lowest BCUT2D eigenvalue weighted by molar-refractivity contribution is 0.498. The molecule has 0 aromatic carbocycles. The number of nitrogens with zero attached hydrogens (tertiary/aromatic N) is 2. The van der Waals surface area contributed by atoms with Crippen molar-refractivity contribution in [3.8, 4) is 0 Å². The number of aromatic nitrogens is 2. The number of hydrogen-bond acceptors (Lipinski definition) is 4. The largest absolute Gasteiger partial charge is 0.381 e. The highest BCUT2D eigenvalue weighted by molar-refractivity contribution is 7.89. The molecule has 2 atom stereocenters. The summed E-state index contributed by atoms with van der Waals surface area (Å²) in [5.74, 6) is 1.21. The average molecular weight is 300 g/mol. The molecule has 1 heterocycles. The minimum atomic E-state index is -3.55. The summed E-state index contributed by atoms with van der Waals surface area (Å²) in [6, 6.07) is 0. The first-order chi connectivity index (χ1) is 9.42. The molecule has 2 rings (SSSR count). The maximum absolute atomic E-state index is 12.3. The molecule has 1 saturated carbocycles. The second-order valence-electron chi connectivity index (χ2n) is 5.78. The van der Waals surface area contributed by atoms with E-state index in [9.17, 15) is 8.42 Å². The molecular weight excluding hydrogens is 276 g/mol. The number of aryl methyl sites for hydroxylation is 1. The van der Waals surface area contributed by atoms with Crippen LogP contribution in [0, 0.1) is 11.8 Å². The Morgan fingerprint density at radius 2 is 2.25 bits per heavy atom. The Bertz CT molecular complexity index is 553. The molecule has 1 fully saturated rings. The maximum Gasteiger partial charge on any atom is 0.245 e. The van der Waals surface area contributed by atoms with E-state index in [0.29, 0.717) is 24.9 Å². The molecule has 0 aliphatic heterocycles. The number of nitrogens with one attached hydrogen (secondary N) is 1. The highest BCUT2D eigenvalue weighted by atomic mass is 32.2. The van der Waals surface area contributed by atoms with Crippen LogP contribution < -0.4 is 10.5 Å². The predicted molar refractivity (Wildman–Crippen MR) is 78.6 cm³/mol. The van der Waals surface area contributed by atoms with E-state index < -0.39 is 10.0 Å². The second kappa shape index (κ2) is 6.13. The van der Waals surface area contributed by atoms with Gasteiger partial charge >= 0.3 is 0 Å². The number of nitrogen functional groups attached to an aromatic ring is 1. The Kier molecular flexibility index (Phi) is 4.70. The van der Waals surface area contributed by atoms with E-state index in [-0.39, 0.29) is 10.7 Å². The average Bonchev–Trinajstić information content (AvgIpc) is 2.94. The van der Waals surface area contributed by atoms with Crippen LogP contribution in [0.1, 0.15) is 39.5 Å². The maximum atomic E-state index is 12.3. The fourth-order valence-corrected chi connectivity index (χ4v) is 3.97. The molecule has 6 nitrogen and oxygen atoms in total. The SMILES string of the molecule is CCCn1cc(S(=O)(=O)NCC2CCC(C)C2)c(N)n1. The number of nitrogens with two attached hydrogens (primary N) is 1. The van der Waals surface area contributed by atoms with Gasteiger partial charge in [-0.1, -0.05) is 20.3 Å². The van der Waals surface area contributed by atoms with Crippen molar-refractivity contribution >= 4 is 15.8 Å². The molecule has 3 N–H and O–H groups in total. The van der Waals surface area contributed by atoms with Gasteiger partial charge in [-0.15, -0.1) is 0 Å². The quantitative estimate of drug-likeness (QED) is 0.834. The topological polar surface area (TPSA) is 90.0 Å². The molecule has 1 aromatic heterocycles. The molecule has 0 bridgehead atoms. The summed E-state index contributed by atoms with van der Waals surface area (Å²) >= 11 is 0. The number of anilines is 1. The molecule has 7 heteroatoms. The lowest BCUT2D eigenvalue weighted by Crippen LogP contribution is -2.29. The van der Waals surface area contributed by atoms with E-state index in [2.05, 4.69) is 16.7 Å². The van der Waals surface area contributed by atoms with E-state index in [1.54, 1.807) is 4.68 Å². The van der Waals surface area contributed by atoms with Gasteiger partial charge in [0.05, 0.1) is 0 Å². The normalized spacial score (nSPS) is 23.3. The number of hydrogen-bond donors (Lipinski definition) is 2. The summed E-state index contributed by atoms with van der Waals surface area (Å²) in [5, 5.41) is 4.03. The molecule has 0 amide bonds. The minimum absolute atomic E-state index is 0.0748. The Morgan fingerprint density at radius 1 is 1.50 bits per heavy atom. The molecule has 2 unspecified atom stereocenters. The zero-order valence-corrected chi connectivity index (χ0v) is 13.0. The van der Waals surface area contributed by atoms with Gasteiger partial charge in [0.2, 0.25) is 10.0 Å². The van der Waals surface area contributed by atoms with Crippen LogP contribution in [0.15, 0.2) is 11.1 Å². The van der Waals surface area contributed by atoms with Crippen LogP contribution in [-0.4, -0.2) is 24.7 Å². The highest BCUT2D eigenvalue weighted by Crippen LogP contribution is 2.30. The van der Waals surface area contributed by atoms with Crippen molar-refractivity contribution in [1.82, 2.24) is 14.5 Å². The van der Waals surface area contributed by atoms with Crippen LogP contribution in [0.2, 0.25) is 0 Å². The van der Waals surface area contributed by atoms with Crippen molar-refractivity contribution in [1.29, 1.82) is 0 Å². The Morgan fingerprint density at radius 3 is 2.85 bits per heavy atom. The molecule has 1 aromatic rings. The van der Waals surface area contributed by atoms with Gasteiger partial charge in [-0.05, 0) is 31.1 Å². The van der Waals surface area contributed by atoms with Crippen molar-refractivity contribution < 1.29 is 8.42 Å². The summed E-state index contributed by atoms with van der Waals surface area (Å²) in [6.45, 7) is 5.37. The fourth-order valence-electron chi connectivity index (χ4n) is 2.78. The number of rotatable bonds is 6. The van der Waals surface area contributed by atoms with Crippen molar-refractivity contribution in [2.45, 2.75) is 51.0 Å². The second-order valence-corrected chi connectivity index (χ2v) is 7.51. The van der Waals surface area contributed by atoms with Crippen molar-refractivity contribution in [2.24, 2.45) is 11.8 Å². The van der Waals surface area contributed by atoms with E-state index in [4.69, 9.17) is 5.73 Å². The standard InChI is InChI=1S/C13H24N4O2S/c1-3-6-17-9-12(13(14)16-17)20(18,19)15-8-11-5-4-10(2)7-11/h9-11,15H,3-8H2,1-2H3,(H2,14,16). The third-order valence-electron chi connectivity index (χ3n) is 3.86. The summed E-state index contributed by atoms with van der Waals surface area (Å²) in [4.78, 5) is 0.0944. The van der Waals surface area contributed by atoms with E-state index in [1.807, 2.05) is 6.92 Å². The van der Waals surface area contributed by atoms with Crippen LogP contribution in [0.25, 0.3) is 0 Å². The summed E-state index contributed by atoms with van der Waals surface area (Å²) in [5.41, 5.74) is 5.71. The molecule has 20 heavy (non-hydrogen) atoms. The molecule has 0 radical (unpaired) electrons. The summed E-state index contributed by atoms with van der Waals surface area (Å²) in [6.07, 6.45) is 5.76. The van der Waals surface area contributed by atoms with Crippen molar-refractivity contribution in [3.05, 3.63) is 6.20 Å². The summed E-state index contributed by atoms with van der Waals surface area (Å²) < 4.78 is 28.8. The van der Waals surface area contributed by atoms with Crippen molar-refractivity contribution in [2.75, 3.05) is 12.3 Å². The minimum Gasteiger partial charge on any atom is -0.381 e. The zero-order chi connectivity index (χ0) is 14.8. The third kappa shape index (κ3) is 3.52. The van der Waals surface area contributed by atoms with Crippen LogP contribution in [0.4, 0.5) is 5.82 Å². The van der Waals surface area contributed by atoms with E-state index in [1.165, 1.54) is 12.6 Å². The lowest BCUT2D eigenvalue weighted by atomic mass is 10.1. The monoisotopic (exact) mass is 300 g/mol. The van der Waals surface area contributed by atoms with Gasteiger partial charge < -0.3 is 5.73 Å². The van der Waals surface area contributed by atoms with E-state index >= 15 is 0 Å². The molecule has 1 aliphatic carbocycles. The first-order valence-corrected chi connectivity index (χ1v) is 8.73. The molecule has 1 aliphatic rings. The van der Waals surface area contributed by atoms with Crippen molar-refractivity contribution in [3.63, 3.8) is 0 Å².